The van der Waals surface area contributed by atoms with Crippen LogP contribution in [0.2, 0.25) is 0 Å². The normalized spacial score (nSPS) is 17.3. The molecule has 2 aromatic heterocycles. The van der Waals surface area contributed by atoms with Crippen molar-refractivity contribution in [1.29, 1.82) is 0 Å². The Morgan fingerprint density at radius 1 is 1.07 bits per heavy atom. The predicted octanol–water partition coefficient (Wildman–Crippen LogP) is 4.03. The molecule has 0 aliphatic carbocycles. The second-order valence-electron chi connectivity index (χ2n) is 7.49. The summed E-state index contributed by atoms with van der Waals surface area (Å²) in [5.41, 5.74) is 3.57. The molecule has 140 valence electrons. The van der Waals surface area contributed by atoms with Crippen LogP contribution in [0.15, 0.2) is 42.7 Å². The summed E-state index contributed by atoms with van der Waals surface area (Å²) in [5, 5.41) is 0. The molecule has 3 heterocycles. The zero-order valence-corrected chi connectivity index (χ0v) is 16.4. The van der Waals surface area contributed by atoms with Gasteiger partial charge in [-0.2, -0.15) is 0 Å². The lowest BCUT2D eigenvalue weighted by molar-refractivity contribution is 0.473. The molecular formula is C22H27N5. The Morgan fingerprint density at radius 2 is 1.89 bits per heavy atom. The molecule has 1 aromatic carbocycles. The van der Waals surface area contributed by atoms with Gasteiger partial charge in [0.1, 0.15) is 17.5 Å². The van der Waals surface area contributed by atoms with Crippen molar-refractivity contribution in [2.24, 2.45) is 0 Å². The van der Waals surface area contributed by atoms with Crippen LogP contribution in [0, 0.1) is 20.8 Å². The molecule has 0 N–H and O–H groups in total. The first-order valence-corrected chi connectivity index (χ1v) is 9.73. The minimum Gasteiger partial charge on any atom is -0.356 e. The quantitative estimate of drug-likeness (QED) is 0.704. The van der Waals surface area contributed by atoms with E-state index in [1.165, 1.54) is 23.4 Å². The Morgan fingerprint density at radius 3 is 2.70 bits per heavy atom. The third-order valence-electron chi connectivity index (χ3n) is 5.50. The van der Waals surface area contributed by atoms with Crippen molar-refractivity contribution in [3.63, 3.8) is 0 Å². The molecule has 1 fully saturated rings. The number of aryl methyl sites for hydroxylation is 2. The SMILES string of the molecule is Cc1nc(C)c(C)c(N2CCC[C@@H](c3nccn3Cc3ccccc3)C2)n1. The van der Waals surface area contributed by atoms with Gasteiger partial charge in [-0.15, -0.1) is 0 Å². The Kier molecular flexibility index (Phi) is 4.92. The number of rotatable bonds is 4. The molecular weight excluding hydrogens is 334 g/mol. The Hall–Kier alpha value is -2.69. The van der Waals surface area contributed by atoms with E-state index in [1.54, 1.807) is 0 Å². The first kappa shape index (κ1) is 17.7. The van der Waals surface area contributed by atoms with Crippen LogP contribution in [0.1, 0.15) is 47.2 Å². The van der Waals surface area contributed by atoms with Gasteiger partial charge in [0.25, 0.3) is 0 Å². The van der Waals surface area contributed by atoms with Gasteiger partial charge in [-0.05, 0) is 39.2 Å². The van der Waals surface area contributed by atoms with Gasteiger partial charge in [0.2, 0.25) is 0 Å². The lowest BCUT2D eigenvalue weighted by Crippen LogP contribution is -2.36. The molecule has 0 radical (unpaired) electrons. The smallest absolute Gasteiger partial charge is 0.135 e. The van der Waals surface area contributed by atoms with E-state index < -0.39 is 0 Å². The molecule has 1 aliphatic rings. The van der Waals surface area contributed by atoms with Crippen LogP contribution in [0.25, 0.3) is 0 Å². The Balaban J connectivity index is 1.57. The van der Waals surface area contributed by atoms with Gasteiger partial charge in [0, 0.05) is 49.2 Å². The van der Waals surface area contributed by atoms with Crippen LogP contribution in [0.5, 0.6) is 0 Å². The molecule has 5 heteroatoms. The minimum atomic E-state index is 0.424. The average molecular weight is 361 g/mol. The van der Waals surface area contributed by atoms with Crippen molar-refractivity contribution >= 4 is 5.82 Å². The van der Waals surface area contributed by atoms with Crippen molar-refractivity contribution in [1.82, 2.24) is 19.5 Å². The predicted molar refractivity (Wildman–Crippen MR) is 108 cm³/mol. The van der Waals surface area contributed by atoms with E-state index in [0.717, 1.165) is 43.4 Å². The van der Waals surface area contributed by atoms with E-state index in [2.05, 4.69) is 64.8 Å². The maximum atomic E-state index is 4.75. The van der Waals surface area contributed by atoms with Gasteiger partial charge in [-0.3, -0.25) is 0 Å². The second kappa shape index (κ2) is 7.51. The van der Waals surface area contributed by atoms with Gasteiger partial charge in [-0.1, -0.05) is 30.3 Å². The number of aromatic nitrogens is 4. The number of hydrogen-bond acceptors (Lipinski definition) is 4. The number of imidazole rings is 1. The summed E-state index contributed by atoms with van der Waals surface area (Å²) in [4.78, 5) is 16.4. The molecule has 3 aromatic rings. The average Bonchev–Trinajstić information content (AvgIpc) is 3.14. The van der Waals surface area contributed by atoms with Gasteiger partial charge < -0.3 is 9.47 Å². The molecule has 0 amide bonds. The molecule has 4 rings (SSSR count). The van der Waals surface area contributed by atoms with Crippen LogP contribution < -0.4 is 4.90 Å². The second-order valence-corrected chi connectivity index (χ2v) is 7.49. The highest BCUT2D eigenvalue weighted by Crippen LogP contribution is 2.30. The molecule has 0 unspecified atom stereocenters. The first-order valence-electron chi connectivity index (χ1n) is 9.73. The fourth-order valence-corrected chi connectivity index (χ4v) is 4.03. The van der Waals surface area contributed by atoms with Crippen molar-refractivity contribution in [2.75, 3.05) is 18.0 Å². The van der Waals surface area contributed by atoms with Gasteiger partial charge in [0.05, 0.1) is 0 Å². The summed E-state index contributed by atoms with van der Waals surface area (Å²) in [6.45, 7) is 9.06. The standard InChI is InChI=1S/C22H27N5/c1-16-17(2)24-18(3)25-21(16)26-12-7-10-20(15-26)22-23-11-13-27(22)14-19-8-5-4-6-9-19/h4-6,8-9,11,13,20H,7,10,12,14-15H2,1-3H3/t20-/m1/s1. The molecule has 0 bridgehead atoms. The monoisotopic (exact) mass is 361 g/mol. The van der Waals surface area contributed by atoms with Crippen LogP contribution in [-0.2, 0) is 6.54 Å². The maximum Gasteiger partial charge on any atom is 0.135 e. The molecule has 0 spiro atoms. The van der Waals surface area contributed by atoms with Gasteiger partial charge >= 0.3 is 0 Å². The number of benzene rings is 1. The zero-order chi connectivity index (χ0) is 18.8. The van der Waals surface area contributed by atoms with Crippen LogP contribution >= 0.6 is 0 Å². The largest absolute Gasteiger partial charge is 0.356 e. The lowest BCUT2D eigenvalue weighted by Gasteiger charge is -2.34. The molecule has 1 atom stereocenters. The van der Waals surface area contributed by atoms with Crippen LogP contribution in [0.3, 0.4) is 0 Å². The van der Waals surface area contributed by atoms with E-state index in [9.17, 15) is 0 Å². The third kappa shape index (κ3) is 3.72. The third-order valence-corrected chi connectivity index (χ3v) is 5.50. The summed E-state index contributed by atoms with van der Waals surface area (Å²) in [7, 11) is 0. The fourth-order valence-electron chi connectivity index (χ4n) is 4.03. The molecule has 0 saturated carbocycles. The minimum absolute atomic E-state index is 0.424. The van der Waals surface area contributed by atoms with E-state index in [4.69, 9.17) is 9.97 Å². The molecule has 1 aliphatic heterocycles. The lowest BCUT2D eigenvalue weighted by atomic mass is 9.96. The van der Waals surface area contributed by atoms with Crippen molar-refractivity contribution < 1.29 is 0 Å². The summed E-state index contributed by atoms with van der Waals surface area (Å²) in [6, 6.07) is 10.6. The Labute approximate surface area is 161 Å². The maximum absolute atomic E-state index is 4.75. The van der Waals surface area contributed by atoms with Crippen LogP contribution in [0.4, 0.5) is 5.82 Å². The van der Waals surface area contributed by atoms with Gasteiger partial charge in [0.15, 0.2) is 0 Å². The van der Waals surface area contributed by atoms with Crippen molar-refractivity contribution in [3.05, 3.63) is 71.2 Å². The Bertz CT molecular complexity index is 916. The number of hydrogen-bond donors (Lipinski definition) is 0. The fraction of sp³-hybridized carbons (Fsp3) is 0.409. The zero-order valence-electron chi connectivity index (χ0n) is 16.4. The van der Waals surface area contributed by atoms with Gasteiger partial charge in [-0.25, -0.2) is 15.0 Å². The van der Waals surface area contributed by atoms with E-state index in [0.29, 0.717) is 5.92 Å². The summed E-state index contributed by atoms with van der Waals surface area (Å²) < 4.78 is 2.30. The highest BCUT2D eigenvalue weighted by molar-refractivity contribution is 5.49. The first-order chi connectivity index (χ1) is 13.1. The highest BCUT2D eigenvalue weighted by atomic mass is 15.2. The highest BCUT2D eigenvalue weighted by Gasteiger charge is 2.27. The molecule has 1 saturated heterocycles. The van der Waals surface area contributed by atoms with Crippen molar-refractivity contribution in [2.45, 2.75) is 46.1 Å². The van der Waals surface area contributed by atoms with Crippen molar-refractivity contribution in [3.8, 4) is 0 Å². The van der Waals surface area contributed by atoms with E-state index in [-0.39, 0.29) is 0 Å². The summed E-state index contributed by atoms with van der Waals surface area (Å²) >= 11 is 0. The van der Waals surface area contributed by atoms with Crippen LogP contribution in [-0.4, -0.2) is 32.6 Å². The topological polar surface area (TPSA) is 46.8 Å². The van der Waals surface area contributed by atoms with E-state index >= 15 is 0 Å². The number of piperidine rings is 1. The number of anilines is 1. The molecule has 27 heavy (non-hydrogen) atoms. The number of nitrogens with zero attached hydrogens (tertiary/aromatic N) is 5. The summed E-state index contributed by atoms with van der Waals surface area (Å²) in [5.74, 6) is 3.54. The van der Waals surface area contributed by atoms with E-state index in [1.807, 2.05) is 13.1 Å². The molecule has 5 nitrogen and oxygen atoms in total. The summed E-state index contributed by atoms with van der Waals surface area (Å²) in [6.07, 6.45) is 6.36.